The lowest BCUT2D eigenvalue weighted by atomic mass is 9.76. The van der Waals surface area contributed by atoms with Crippen LogP contribution in [0.4, 0.5) is 5.69 Å². The molecule has 3 aliphatic rings. The normalized spacial score (nSPS) is 29.0. The first-order valence-corrected chi connectivity index (χ1v) is 11.1. The number of methoxy groups -OCH3 is 1. The first kappa shape index (κ1) is 21.6. The second-order valence-electron chi connectivity index (χ2n) is 8.45. The van der Waals surface area contributed by atoms with Gasteiger partial charge in [-0.2, -0.15) is 0 Å². The van der Waals surface area contributed by atoms with Gasteiger partial charge in [-0.1, -0.05) is 54.1 Å². The molecule has 33 heavy (non-hydrogen) atoms. The van der Waals surface area contributed by atoms with Gasteiger partial charge in [-0.05, 0) is 17.7 Å². The minimum Gasteiger partial charge on any atom is -0.469 e. The number of nitrogens with one attached hydrogen (secondary N) is 1. The number of nitrogens with zero attached hydrogens (tertiary/aromatic N) is 2. The number of carbonyl (C=O) groups is 4. The predicted molar refractivity (Wildman–Crippen MR) is 119 cm³/mol. The SMILES string of the molecule is COC(=O)C[C@]12C(=O)NCCN1[C@H](c1ccccc1)[C@H]1C(=O)N(c3ccccc3Cl)C(=O)[C@H]12. The third kappa shape index (κ3) is 3.01. The van der Waals surface area contributed by atoms with Crippen LogP contribution < -0.4 is 10.2 Å². The lowest BCUT2D eigenvalue weighted by molar-refractivity contribution is -0.154. The third-order valence-corrected chi connectivity index (χ3v) is 7.28. The third-order valence-electron chi connectivity index (χ3n) is 6.96. The second-order valence-corrected chi connectivity index (χ2v) is 8.86. The Morgan fingerprint density at radius 1 is 1.09 bits per heavy atom. The minimum atomic E-state index is -1.54. The zero-order valence-electron chi connectivity index (χ0n) is 17.9. The van der Waals surface area contributed by atoms with E-state index in [4.69, 9.17) is 16.3 Å². The average Bonchev–Trinajstić information content (AvgIpc) is 3.26. The van der Waals surface area contributed by atoms with Crippen molar-refractivity contribution in [3.63, 3.8) is 0 Å². The molecule has 0 saturated carbocycles. The summed E-state index contributed by atoms with van der Waals surface area (Å²) in [4.78, 5) is 56.7. The maximum atomic E-state index is 13.9. The molecular weight excluding hydrogens is 446 g/mol. The van der Waals surface area contributed by atoms with Gasteiger partial charge < -0.3 is 10.1 Å². The molecule has 0 unspecified atom stereocenters. The molecule has 3 saturated heterocycles. The van der Waals surface area contributed by atoms with E-state index in [9.17, 15) is 19.2 Å². The highest BCUT2D eigenvalue weighted by Gasteiger charge is 2.73. The van der Waals surface area contributed by atoms with Gasteiger partial charge in [-0.15, -0.1) is 0 Å². The Hall–Kier alpha value is -3.23. The van der Waals surface area contributed by atoms with Gasteiger partial charge in [-0.3, -0.25) is 24.1 Å². The van der Waals surface area contributed by atoms with Gasteiger partial charge in [0.2, 0.25) is 17.7 Å². The Morgan fingerprint density at radius 2 is 1.79 bits per heavy atom. The summed E-state index contributed by atoms with van der Waals surface area (Å²) in [5.41, 5.74) is -0.471. The van der Waals surface area contributed by atoms with E-state index < -0.39 is 47.1 Å². The van der Waals surface area contributed by atoms with E-state index in [1.54, 1.807) is 24.3 Å². The number of piperazine rings is 1. The summed E-state index contributed by atoms with van der Waals surface area (Å²) in [7, 11) is 1.24. The summed E-state index contributed by atoms with van der Waals surface area (Å²) in [6.07, 6.45) is -0.338. The van der Waals surface area contributed by atoms with Crippen LogP contribution in [-0.2, 0) is 23.9 Å². The van der Waals surface area contributed by atoms with Crippen molar-refractivity contribution in [3.05, 3.63) is 65.2 Å². The smallest absolute Gasteiger partial charge is 0.307 e. The number of halogens is 1. The number of esters is 1. The molecule has 8 nitrogen and oxygen atoms in total. The fraction of sp³-hybridized carbons (Fsp3) is 0.333. The Labute approximate surface area is 195 Å². The van der Waals surface area contributed by atoms with E-state index in [2.05, 4.69) is 5.32 Å². The minimum absolute atomic E-state index is 0.252. The van der Waals surface area contributed by atoms with Crippen LogP contribution in [0.25, 0.3) is 0 Å². The number of fused-ring (bicyclic) bond motifs is 3. The molecule has 3 fully saturated rings. The van der Waals surface area contributed by atoms with Crippen LogP contribution in [0.15, 0.2) is 54.6 Å². The molecule has 0 aromatic heterocycles. The number of rotatable bonds is 4. The van der Waals surface area contributed by atoms with Gasteiger partial charge in [0.25, 0.3) is 0 Å². The summed E-state index contributed by atoms with van der Waals surface area (Å²) in [5.74, 6) is -3.97. The number of imide groups is 1. The molecule has 3 heterocycles. The largest absolute Gasteiger partial charge is 0.469 e. The van der Waals surface area contributed by atoms with Crippen LogP contribution in [0.5, 0.6) is 0 Å². The molecule has 0 spiro atoms. The Bertz CT molecular complexity index is 1160. The molecule has 5 rings (SSSR count). The summed E-state index contributed by atoms with van der Waals surface area (Å²) >= 11 is 6.34. The highest BCUT2D eigenvalue weighted by atomic mass is 35.5. The predicted octanol–water partition coefficient (Wildman–Crippen LogP) is 1.93. The van der Waals surface area contributed by atoms with E-state index in [0.717, 1.165) is 10.5 Å². The van der Waals surface area contributed by atoms with Crippen molar-refractivity contribution in [2.24, 2.45) is 11.8 Å². The highest BCUT2D eigenvalue weighted by Crippen LogP contribution is 2.57. The van der Waals surface area contributed by atoms with E-state index in [-0.39, 0.29) is 17.1 Å². The van der Waals surface area contributed by atoms with Crippen LogP contribution >= 0.6 is 11.6 Å². The first-order valence-electron chi connectivity index (χ1n) is 10.7. The molecular formula is C24H22ClN3O5. The summed E-state index contributed by atoms with van der Waals surface area (Å²) in [6.45, 7) is 0.739. The Balaban J connectivity index is 1.72. The number of benzene rings is 2. The summed E-state index contributed by atoms with van der Waals surface area (Å²) in [5, 5.41) is 3.07. The number of para-hydroxylation sites is 1. The van der Waals surface area contributed by atoms with Gasteiger partial charge in [-0.25, -0.2) is 4.90 Å². The van der Waals surface area contributed by atoms with E-state index in [0.29, 0.717) is 13.1 Å². The second kappa shape index (κ2) is 7.97. The van der Waals surface area contributed by atoms with Crippen molar-refractivity contribution in [2.45, 2.75) is 18.0 Å². The molecule has 1 N–H and O–H groups in total. The van der Waals surface area contributed by atoms with Crippen molar-refractivity contribution in [3.8, 4) is 0 Å². The number of hydrogen-bond donors (Lipinski definition) is 1. The summed E-state index contributed by atoms with van der Waals surface area (Å²) in [6, 6.07) is 15.3. The van der Waals surface area contributed by atoms with Crippen LogP contribution in [0, 0.1) is 11.8 Å². The van der Waals surface area contributed by atoms with Crippen LogP contribution in [0.1, 0.15) is 18.0 Å². The molecule has 3 amide bonds. The monoisotopic (exact) mass is 467 g/mol. The van der Waals surface area contributed by atoms with Gasteiger partial charge >= 0.3 is 5.97 Å². The number of amides is 3. The quantitative estimate of drug-likeness (QED) is 0.545. The number of anilines is 1. The Morgan fingerprint density at radius 3 is 2.48 bits per heavy atom. The standard InChI is InChI=1S/C24H22ClN3O5/c1-33-17(29)13-24-19-18(21(30)28(22(19)31)16-10-6-5-9-15(16)25)20(14-7-3-2-4-8-14)27(24)12-11-26-23(24)32/h2-10,18-20H,11-13H2,1H3,(H,26,32)/t18-,19-,20+,24-/m0/s1. The molecule has 0 bridgehead atoms. The Kier molecular flexibility index (Phi) is 5.22. The lowest BCUT2D eigenvalue weighted by Crippen LogP contribution is -2.67. The topological polar surface area (TPSA) is 96.0 Å². The number of hydrogen-bond acceptors (Lipinski definition) is 6. The van der Waals surface area contributed by atoms with E-state index in [1.165, 1.54) is 7.11 Å². The average molecular weight is 468 g/mol. The zero-order chi connectivity index (χ0) is 23.3. The van der Waals surface area contributed by atoms with Crippen molar-refractivity contribution in [2.75, 3.05) is 25.1 Å². The molecule has 2 aromatic carbocycles. The first-order chi connectivity index (χ1) is 15.9. The lowest BCUT2D eigenvalue weighted by Gasteiger charge is -2.45. The molecule has 0 radical (unpaired) electrons. The highest BCUT2D eigenvalue weighted by molar-refractivity contribution is 6.36. The van der Waals surface area contributed by atoms with Gasteiger partial charge in [0.1, 0.15) is 5.54 Å². The van der Waals surface area contributed by atoms with E-state index >= 15 is 0 Å². The van der Waals surface area contributed by atoms with Crippen molar-refractivity contribution < 1.29 is 23.9 Å². The number of ether oxygens (including phenoxy) is 1. The van der Waals surface area contributed by atoms with Crippen LogP contribution in [0.3, 0.4) is 0 Å². The molecule has 9 heteroatoms. The fourth-order valence-electron chi connectivity index (χ4n) is 5.68. The van der Waals surface area contributed by atoms with Crippen LogP contribution in [0.2, 0.25) is 5.02 Å². The maximum absolute atomic E-state index is 13.9. The fourth-order valence-corrected chi connectivity index (χ4v) is 5.90. The molecule has 3 aliphatic heterocycles. The number of carbonyl (C=O) groups excluding carboxylic acids is 4. The van der Waals surface area contributed by atoms with Crippen LogP contribution in [-0.4, -0.2) is 54.3 Å². The molecule has 0 aliphatic carbocycles. The maximum Gasteiger partial charge on any atom is 0.307 e. The summed E-state index contributed by atoms with van der Waals surface area (Å²) < 4.78 is 4.91. The molecule has 4 atom stereocenters. The van der Waals surface area contributed by atoms with E-state index in [1.807, 2.05) is 35.2 Å². The van der Waals surface area contributed by atoms with Crippen molar-refractivity contribution >= 4 is 41.0 Å². The van der Waals surface area contributed by atoms with Crippen molar-refractivity contribution in [1.82, 2.24) is 10.2 Å². The van der Waals surface area contributed by atoms with Gasteiger partial charge in [0.15, 0.2) is 0 Å². The van der Waals surface area contributed by atoms with Crippen molar-refractivity contribution in [1.29, 1.82) is 0 Å². The zero-order valence-corrected chi connectivity index (χ0v) is 18.6. The van der Waals surface area contributed by atoms with Gasteiger partial charge in [0, 0.05) is 19.1 Å². The molecule has 170 valence electrons. The molecule has 2 aromatic rings. The van der Waals surface area contributed by atoms with Gasteiger partial charge in [0.05, 0.1) is 36.1 Å².